The average Bonchev–Trinajstić information content (AvgIpc) is 3.46. The van der Waals surface area contributed by atoms with Gasteiger partial charge in [0.25, 0.3) is 5.78 Å². The van der Waals surface area contributed by atoms with Gasteiger partial charge in [-0.25, -0.2) is 4.98 Å². The number of carbonyl (C=O) groups is 2. The van der Waals surface area contributed by atoms with Gasteiger partial charge in [0.2, 0.25) is 5.95 Å². The lowest BCUT2D eigenvalue weighted by Crippen LogP contribution is -2.30. The number of nitrogens with zero attached hydrogens (tertiary/aromatic N) is 2. The van der Waals surface area contributed by atoms with Gasteiger partial charge >= 0.3 is 5.91 Å². The number of aryl methyl sites for hydroxylation is 1. The maximum atomic E-state index is 13.7. The van der Waals surface area contributed by atoms with Gasteiger partial charge in [-0.1, -0.05) is 51.1 Å². The molecule has 0 spiro atoms. The number of para-hydroxylation sites is 2. The minimum absolute atomic E-state index is 0.0211. The first-order chi connectivity index (χ1) is 19.0. The first kappa shape index (κ1) is 27.0. The van der Waals surface area contributed by atoms with Crippen molar-refractivity contribution in [2.75, 3.05) is 18.6 Å². The number of rotatable bonds is 6. The summed E-state index contributed by atoms with van der Waals surface area (Å²) in [6.45, 7) is 10.4. The van der Waals surface area contributed by atoms with Crippen LogP contribution in [-0.2, 0) is 15.0 Å². The summed E-state index contributed by atoms with van der Waals surface area (Å²) in [6, 6.07) is 17.4. The molecule has 1 aliphatic rings. The van der Waals surface area contributed by atoms with Crippen molar-refractivity contribution >= 4 is 34.4 Å². The third-order valence-electron chi connectivity index (χ3n) is 7.21. The van der Waals surface area contributed by atoms with Crippen LogP contribution in [0.5, 0.6) is 11.5 Å². The van der Waals surface area contributed by atoms with E-state index in [4.69, 9.17) is 9.47 Å². The standard InChI is InChI=1S/C32H33N3O5/c1-7-40-25-16-19(13-15-24(25)39-6)27-26(28(36)21-17-20(32(3,4)5)14-12-18(21)2)29(37)30(38)35(27)31-33-22-10-8-9-11-23(22)34-31/h8-17,27,36H,7H2,1-6H3,(H,33,34)/b28-26+. The Morgan fingerprint density at radius 2 is 1.80 bits per heavy atom. The number of ketones is 1. The molecule has 1 atom stereocenters. The van der Waals surface area contributed by atoms with E-state index < -0.39 is 17.7 Å². The van der Waals surface area contributed by atoms with Crippen molar-refractivity contribution in [3.63, 3.8) is 0 Å². The zero-order valence-corrected chi connectivity index (χ0v) is 23.5. The van der Waals surface area contributed by atoms with E-state index in [-0.39, 0.29) is 22.7 Å². The van der Waals surface area contributed by atoms with E-state index in [1.807, 2.05) is 56.3 Å². The van der Waals surface area contributed by atoms with E-state index in [1.54, 1.807) is 25.3 Å². The first-order valence-electron chi connectivity index (χ1n) is 13.2. The molecule has 1 aromatic heterocycles. The molecule has 0 aliphatic carbocycles. The van der Waals surface area contributed by atoms with Crippen molar-refractivity contribution in [3.8, 4) is 11.5 Å². The zero-order chi connectivity index (χ0) is 28.8. The largest absolute Gasteiger partial charge is 0.507 e. The number of aliphatic hydroxyl groups is 1. The fourth-order valence-corrected chi connectivity index (χ4v) is 5.04. The number of imidazole rings is 1. The molecule has 1 amide bonds. The van der Waals surface area contributed by atoms with E-state index in [2.05, 4.69) is 30.7 Å². The Balaban J connectivity index is 1.77. The number of benzene rings is 3. The van der Waals surface area contributed by atoms with Gasteiger partial charge in [-0.3, -0.25) is 14.5 Å². The molecule has 0 saturated carbocycles. The monoisotopic (exact) mass is 539 g/mol. The van der Waals surface area contributed by atoms with Crippen LogP contribution in [0.3, 0.4) is 0 Å². The van der Waals surface area contributed by atoms with Crippen LogP contribution in [0.4, 0.5) is 5.95 Å². The van der Waals surface area contributed by atoms with Crippen LogP contribution in [-0.4, -0.2) is 40.5 Å². The number of aromatic amines is 1. The molecule has 0 radical (unpaired) electrons. The van der Waals surface area contributed by atoms with Gasteiger partial charge in [-0.15, -0.1) is 0 Å². The Labute approximate surface area is 233 Å². The van der Waals surface area contributed by atoms with E-state index in [1.165, 1.54) is 4.90 Å². The molecule has 8 nitrogen and oxygen atoms in total. The van der Waals surface area contributed by atoms with Gasteiger partial charge in [0.1, 0.15) is 5.76 Å². The van der Waals surface area contributed by atoms with Crippen molar-refractivity contribution in [1.82, 2.24) is 9.97 Å². The lowest BCUT2D eigenvalue weighted by molar-refractivity contribution is -0.132. The lowest BCUT2D eigenvalue weighted by atomic mass is 9.84. The van der Waals surface area contributed by atoms with Gasteiger partial charge in [0, 0.05) is 5.56 Å². The van der Waals surface area contributed by atoms with Crippen LogP contribution in [0.25, 0.3) is 16.8 Å². The van der Waals surface area contributed by atoms with Crippen molar-refractivity contribution in [1.29, 1.82) is 0 Å². The number of carbonyl (C=O) groups excluding carboxylic acids is 2. The smallest absolute Gasteiger partial charge is 0.302 e. The van der Waals surface area contributed by atoms with E-state index in [0.29, 0.717) is 34.7 Å². The second-order valence-corrected chi connectivity index (χ2v) is 10.9. The molecule has 0 bridgehead atoms. The third kappa shape index (κ3) is 4.59. The highest BCUT2D eigenvalue weighted by Gasteiger charge is 2.48. The van der Waals surface area contributed by atoms with E-state index in [9.17, 15) is 14.7 Å². The highest BCUT2D eigenvalue weighted by atomic mass is 16.5. The van der Waals surface area contributed by atoms with E-state index in [0.717, 1.165) is 16.6 Å². The molecule has 5 rings (SSSR count). The van der Waals surface area contributed by atoms with Gasteiger partial charge < -0.3 is 19.6 Å². The normalized spacial score (nSPS) is 17.1. The number of aromatic nitrogens is 2. The predicted octanol–water partition coefficient (Wildman–Crippen LogP) is 6.20. The molecular weight excluding hydrogens is 506 g/mol. The summed E-state index contributed by atoms with van der Waals surface area (Å²) in [5.41, 5.74) is 3.99. The number of fused-ring (bicyclic) bond motifs is 1. The van der Waals surface area contributed by atoms with Gasteiger partial charge in [0.05, 0.1) is 36.4 Å². The molecule has 4 aromatic rings. The number of anilines is 1. The number of aliphatic hydroxyl groups excluding tert-OH is 1. The van der Waals surface area contributed by atoms with Crippen molar-refractivity contribution in [2.24, 2.45) is 0 Å². The summed E-state index contributed by atoms with van der Waals surface area (Å²) in [6.07, 6.45) is 0. The van der Waals surface area contributed by atoms with Gasteiger partial charge in [-0.05, 0) is 66.3 Å². The van der Waals surface area contributed by atoms with Crippen molar-refractivity contribution in [2.45, 2.75) is 46.1 Å². The fraction of sp³-hybridized carbons (Fsp3) is 0.281. The third-order valence-corrected chi connectivity index (χ3v) is 7.21. The van der Waals surface area contributed by atoms with E-state index >= 15 is 0 Å². The minimum atomic E-state index is -0.969. The Kier molecular flexibility index (Phi) is 6.87. The number of hydrogen-bond acceptors (Lipinski definition) is 6. The summed E-state index contributed by atoms with van der Waals surface area (Å²) >= 11 is 0. The predicted molar refractivity (Wildman–Crippen MR) is 155 cm³/mol. The molecule has 1 saturated heterocycles. The maximum absolute atomic E-state index is 13.7. The molecule has 1 unspecified atom stereocenters. The van der Waals surface area contributed by atoms with Crippen LogP contribution in [0.1, 0.15) is 56.0 Å². The highest BCUT2D eigenvalue weighted by molar-refractivity contribution is 6.51. The maximum Gasteiger partial charge on any atom is 0.302 e. The van der Waals surface area contributed by atoms with Gasteiger partial charge in [0.15, 0.2) is 11.5 Å². The zero-order valence-electron chi connectivity index (χ0n) is 23.5. The minimum Gasteiger partial charge on any atom is -0.507 e. The number of methoxy groups -OCH3 is 1. The summed E-state index contributed by atoms with van der Waals surface area (Å²) in [5.74, 6) is -0.634. The Bertz CT molecular complexity index is 1630. The Morgan fingerprint density at radius 3 is 2.48 bits per heavy atom. The topological polar surface area (TPSA) is 105 Å². The first-order valence-corrected chi connectivity index (χ1v) is 13.2. The van der Waals surface area contributed by atoms with Crippen LogP contribution in [0.15, 0.2) is 66.2 Å². The fourth-order valence-electron chi connectivity index (χ4n) is 5.04. The van der Waals surface area contributed by atoms with Gasteiger partial charge in [-0.2, -0.15) is 0 Å². The molecule has 2 N–H and O–H groups in total. The molecule has 206 valence electrons. The summed E-state index contributed by atoms with van der Waals surface area (Å²) in [7, 11) is 1.54. The summed E-state index contributed by atoms with van der Waals surface area (Å²) in [5, 5.41) is 11.8. The number of nitrogens with one attached hydrogen (secondary N) is 1. The highest BCUT2D eigenvalue weighted by Crippen LogP contribution is 2.44. The number of ether oxygens (including phenoxy) is 2. The van der Waals surface area contributed by atoms with Crippen molar-refractivity contribution in [3.05, 3.63) is 88.5 Å². The van der Waals surface area contributed by atoms with Crippen LogP contribution in [0.2, 0.25) is 0 Å². The lowest BCUT2D eigenvalue weighted by Gasteiger charge is -2.25. The summed E-state index contributed by atoms with van der Waals surface area (Å²) < 4.78 is 11.3. The molecule has 1 aliphatic heterocycles. The van der Waals surface area contributed by atoms with Crippen LogP contribution < -0.4 is 14.4 Å². The molecular formula is C32H33N3O5. The molecule has 3 aromatic carbocycles. The van der Waals surface area contributed by atoms with Crippen LogP contribution >= 0.6 is 0 Å². The SMILES string of the molecule is CCOc1cc(C2/C(=C(\O)c3cc(C(C)(C)C)ccc3C)C(=O)C(=O)N2c2nc3ccccc3[nH]2)ccc1OC. The average molecular weight is 540 g/mol. The number of hydrogen-bond donors (Lipinski definition) is 2. The second-order valence-electron chi connectivity index (χ2n) is 10.9. The molecule has 8 heteroatoms. The van der Waals surface area contributed by atoms with Crippen molar-refractivity contribution < 1.29 is 24.2 Å². The molecule has 1 fully saturated rings. The van der Waals surface area contributed by atoms with Crippen LogP contribution in [0, 0.1) is 6.92 Å². The number of amides is 1. The second kappa shape index (κ2) is 10.2. The summed E-state index contributed by atoms with van der Waals surface area (Å²) in [4.78, 5) is 36.5. The molecule has 2 heterocycles. The number of Topliss-reactive ketones (excluding diaryl/α,β-unsaturated/α-hetero) is 1. The number of H-pyrrole nitrogens is 1. The quantitative estimate of drug-likeness (QED) is 0.172. The Hall–Kier alpha value is -4.59. The molecule has 40 heavy (non-hydrogen) atoms. The Morgan fingerprint density at radius 1 is 1.05 bits per heavy atom.